The number of aromatic hydroxyl groups is 4. The Morgan fingerprint density at radius 1 is 0.326 bits per heavy atom. The van der Waals surface area contributed by atoms with Gasteiger partial charge in [0, 0.05) is 83.3 Å². The van der Waals surface area contributed by atoms with Gasteiger partial charge in [-0.3, -0.25) is 24.3 Å². The van der Waals surface area contributed by atoms with Crippen LogP contribution in [0.25, 0.3) is 0 Å². The summed E-state index contributed by atoms with van der Waals surface area (Å²) in [6.07, 6.45) is 4.57. The molecule has 2 heterocycles. The number of anilines is 6. The molecule has 0 saturated carbocycles. The zero-order valence-electron chi connectivity index (χ0n) is 61.3. The molecule has 0 saturated heterocycles. The van der Waals surface area contributed by atoms with Crippen molar-refractivity contribution in [2.24, 2.45) is 0 Å². The summed E-state index contributed by atoms with van der Waals surface area (Å²) in [4.78, 5) is 60.4. The van der Waals surface area contributed by atoms with Gasteiger partial charge in [0.25, 0.3) is 0 Å². The number of hydrogen-bond donors (Lipinski definition) is 4. The molecule has 0 aliphatic rings. The molecule has 0 spiro atoms. The first-order chi connectivity index (χ1) is 45.5. The number of rotatable bonds is 31. The van der Waals surface area contributed by atoms with E-state index in [1.165, 1.54) is 74.3 Å². The third-order valence-electron chi connectivity index (χ3n) is 15.0. The molecule has 6 rings (SSSR count). The number of hydrogen-bond acceptors (Lipinski definition) is 23. The standard InChI is InChI=1S/C15H26N6O6.C15H30N6O3.4C10H14O/c1-11(22)20(9-26-5)14-16-13(19(7-24-3)8-25-4)17-15(18-14)21(10-27-6)12(2)23;1-7-19(10-22-4)13-16-14(20(8-2)11-23-5)18-15(17-13)21(9-3)12-24-6;4*1-3-8(2)9-4-6-10(11)7-5-9/h7-10H2,1-6H3;7-12H2,1-6H3;4*4-8,11H,3H2,1-2H3/p+1. The second-order valence-electron chi connectivity index (χ2n) is 22.0. The third kappa shape index (κ3) is 31.4. The van der Waals surface area contributed by atoms with Crippen molar-refractivity contribution < 1.29 is 64.6 Å². The predicted molar refractivity (Wildman–Crippen MR) is 379 cm³/mol. The minimum absolute atomic E-state index is 0. The maximum Gasteiger partial charge on any atom is 1.00 e. The molecule has 6 aromatic rings. The summed E-state index contributed by atoms with van der Waals surface area (Å²) >= 11 is 0. The molecule has 2 amide bonds. The van der Waals surface area contributed by atoms with Crippen molar-refractivity contribution in [1.29, 1.82) is 0 Å². The van der Waals surface area contributed by atoms with Crippen molar-refractivity contribution in [1.82, 2.24) is 29.9 Å². The Labute approximate surface area is 567 Å². The Kier molecular flexibility index (Phi) is 43.5. The van der Waals surface area contributed by atoms with Crippen molar-refractivity contribution in [2.45, 2.75) is 139 Å². The van der Waals surface area contributed by atoms with E-state index in [2.05, 4.69) is 85.3 Å². The number of carbonyl (C=O) groups is 2. The molecular weight excluding hydrogens is 1220 g/mol. The van der Waals surface area contributed by atoms with Crippen LogP contribution in [0.3, 0.4) is 0 Å². The van der Waals surface area contributed by atoms with Crippen molar-refractivity contribution in [3.63, 3.8) is 0 Å². The molecule has 4 N–H and O–H groups in total. The molecule has 25 nitrogen and oxygen atoms in total. The van der Waals surface area contributed by atoms with Crippen LogP contribution in [0.5, 0.6) is 23.0 Å². The molecule has 4 aromatic carbocycles. The first-order valence-electron chi connectivity index (χ1n) is 32.1. The van der Waals surface area contributed by atoms with Gasteiger partial charge in [-0.25, -0.2) is 0 Å². The molecule has 4 atom stereocenters. The van der Waals surface area contributed by atoms with Gasteiger partial charge < -0.3 is 68.3 Å². The summed E-state index contributed by atoms with van der Waals surface area (Å²) in [6, 6.07) is 29.7. The van der Waals surface area contributed by atoms with Crippen LogP contribution in [0, 0.1) is 0 Å². The minimum Gasteiger partial charge on any atom is -0.508 e. The normalized spacial score (nSPS) is 11.7. The highest BCUT2D eigenvalue weighted by molar-refractivity contribution is 5.91. The molecule has 530 valence electrons. The highest BCUT2D eigenvalue weighted by Crippen LogP contribution is 2.26. The van der Waals surface area contributed by atoms with Crippen LogP contribution in [-0.4, -0.2) is 179 Å². The second-order valence-corrected chi connectivity index (χ2v) is 22.0. The number of ether oxygens (including phenoxy) is 7. The third-order valence-corrected chi connectivity index (χ3v) is 15.0. The summed E-state index contributed by atoms with van der Waals surface area (Å²) in [6.45, 7) is 29.7. The quantitative estimate of drug-likeness (QED) is 0.0294. The molecule has 2 aromatic heterocycles. The average Bonchev–Trinajstić information content (AvgIpc) is 0.826. The zero-order valence-corrected chi connectivity index (χ0v) is 60.3. The fraction of sp³-hybridized carbons (Fsp3) is 0.543. The van der Waals surface area contributed by atoms with Crippen molar-refractivity contribution >= 4 is 47.5 Å². The zero-order chi connectivity index (χ0) is 71.4. The monoisotopic (exact) mass is 1330 g/mol. The van der Waals surface area contributed by atoms with Gasteiger partial charge in [0.15, 0.2) is 0 Å². The van der Waals surface area contributed by atoms with Crippen molar-refractivity contribution in [2.75, 3.05) is 146 Å². The number of amides is 2. The SMILES string of the molecule is CCC(C)c1ccc(O)cc1.CCC(C)c1ccc(O)cc1.CCC(C)c1ccc(O)cc1.CCC(C)c1ccc(O)cc1.CCN(COC)c1nc(N(CC)COC)nc(N(CC)COC)n1.COCN(COC)c1nc(N(COC)C(C)=O)nc(N(COC)C(C)=O)n1.[H+]. The maximum absolute atomic E-state index is 12.0. The second kappa shape index (κ2) is 48.6. The number of phenolic OH excluding ortho intramolecular Hbond substituents is 4. The molecule has 0 aliphatic carbocycles. The number of nitrogens with zero attached hydrogens (tertiary/aromatic N) is 12. The highest BCUT2D eigenvalue weighted by atomic mass is 16.5. The van der Waals surface area contributed by atoms with Crippen LogP contribution < -0.4 is 29.4 Å². The van der Waals surface area contributed by atoms with E-state index in [0.717, 1.165) is 45.3 Å². The van der Waals surface area contributed by atoms with E-state index in [0.29, 0.717) is 84.7 Å². The van der Waals surface area contributed by atoms with Crippen molar-refractivity contribution in [3.8, 4) is 23.0 Å². The number of aromatic nitrogens is 6. The lowest BCUT2D eigenvalue weighted by molar-refractivity contribution is -0.118. The Morgan fingerprint density at radius 3 is 0.684 bits per heavy atom. The minimum atomic E-state index is -0.342. The lowest BCUT2D eigenvalue weighted by Crippen LogP contribution is -2.37. The van der Waals surface area contributed by atoms with E-state index >= 15 is 0 Å². The lowest BCUT2D eigenvalue weighted by Gasteiger charge is -2.26. The van der Waals surface area contributed by atoms with Crippen LogP contribution in [-0.2, 0) is 42.7 Å². The highest BCUT2D eigenvalue weighted by Gasteiger charge is 2.25. The van der Waals surface area contributed by atoms with E-state index in [1.807, 2.05) is 84.0 Å². The molecule has 0 radical (unpaired) electrons. The Balaban J connectivity index is 0.00000118. The van der Waals surface area contributed by atoms with E-state index in [4.69, 9.17) is 53.6 Å². The number of benzene rings is 4. The van der Waals surface area contributed by atoms with Crippen LogP contribution in [0.4, 0.5) is 35.7 Å². The summed E-state index contributed by atoms with van der Waals surface area (Å²) in [5.74, 6) is 4.98. The van der Waals surface area contributed by atoms with E-state index in [-0.39, 0.29) is 58.0 Å². The summed E-state index contributed by atoms with van der Waals surface area (Å²) < 4.78 is 36.1. The Bertz CT molecular complexity index is 2650. The number of phenols is 4. The van der Waals surface area contributed by atoms with Gasteiger partial charge in [-0.05, 0) is 141 Å². The molecule has 0 fully saturated rings. The van der Waals surface area contributed by atoms with Gasteiger partial charge in [-0.2, -0.15) is 29.9 Å². The fourth-order valence-corrected chi connectivity index (χ4v) is 8.29. The summed E-state index contributed by atoms with van der Waals surface area (Å²) in [5.41, 5.74) is 5.19. The maximum atomic E-state index is 12.0. The van der Waals surface area contributed by atoms with Crippen molar-refractivity contribution in [3.05, 3.63) is 119 Å². The van der Waals surface area contributed by atoms with Crippen LogP contribution in [0.1, 0.15) is 163 Å². The largest absolute Gasteiger partial charge is 1.00 e. The van der Waals surface area contributed by atoms with Gasteiger partial charge in [0.1, 0.15) is 70.1 Å². The van der Waals surface area contributed by atoms with Gasteiger partial charge in [-0.1, -0.05) is 104 Å². The molecular formula is C70H113N12O13+. The van der Waals surface area contributed by atoms with Gasteiger partial charge in [-0.15, -0.1) is 0 Å². The van der Waals surface area contributed by atoms with E-state index < -0.39 is 0 Å². The topological polar surface area (TPSA) is 276 Å². The Morgan fingerprint density at radius 2 is 0.505 bits per heavy atom. The Hall–Kier alpha value is -8.04. The molecule has 4 unspecified atom stereocenters. The molecule has 25 heteroatoms. The molecule has 0 aliphatic heterocycles. The first-order valence-corrected chi connectivity index (χ1v) is 32.1. The van der Waals surface area contributed by atoms with E-state index in [9.17, 15) is 9.59 Å². The molecule has 95 heavy (non-hydrogen) atoms. The summed E-state index contributed by atoms with van der Waals surface area (Å²) in [5, 5.41) is 36.0. The smallest absolute Gasteiger partial charge is 0.508 e. The first kappa shape index (κ1) is 85.0. The number of carbonyl (C=O) groups excluding carboxylic acids is 2. The van der Waals surface area contributed by atoms with Crippen LogP contribution in [0.15, 0.2) is 97.1 Å². The van der Waals surface area contributed by atoms with Crippen LogP contribution in [0.2, 0.25) is 0 Å². The average molecular weight is 1330 g/mol. The lowest BCUT2D eigenvalue weighted by atomic mass is 9.99. The fourth-order valence-electron chi connectivity index (χ4n) is 8.29. The summed E-state index contributed by atoms with van der Waals surface area (Å²) in [7, 11) is 10.8. The molecule has 0 bridgehead atoms. The van der Waals surface area contributed by atoms with Gasteiger partial charge >= 0.3 is 1.43 Å². The predicted octanol–water partition coefficient (Wildman–Crippen LogP) is 12.7. The van der Waals surface area contributed by atoms with Gasteiger partial charge in [0.2, 0.25) is 47.5 Å². The number of methoxy groups -OCH3 is 7. The van der Waals surface area contributed by atoms with E-state index in [1.54, 1.807) is 74.8 Å². The van der Waals surface area contributed by atoms with Crippen LogP contribution >= 0.6 is 0 Å². The van der Waals surface area contributed by atoms with Gasteiger partial charge in [0.05, 0.1) is 0 Å².